The van der Waals surface area contributed by atoms with Crippen LogP contribution in [0.25, 0.3) is 11.1 Å². The van der Waals surface area contributed by atoms with Crippen molar-refractivity contribution < 1.29 is 0 Å². The molecule has 2 rings (SSSR count). The second-order valence-corrected chi connectivity index (χ2v) is 4.21. The molecule has 0 saturated heterocycles. The van der Waals surface area contributed by atoms with Crippen molar-refractivity contribution in [1.82, 2.24) is 0 Å². The fourth-order valence-corrected chi connectivity index (χ4v) is 2.32. The smallest absolute Gasteiger partial charge is 0.0489 e. The van der Waals surface area contributed by atoms with Crippen molar-refractivity contribution in [3.05, 3.63) is 58.6 Å². The molecule has 0 atom stereocenters. The van der Waals surface area contributed by atoms with Crippen molar-refractivity contribution in [2.24, 2.45) is 0 Å². The van der Waals surface area contributed by atoms with Gasteiger partial charge in [0, 0.05) is 10.6 Å². The number of aryl methyl sites for hydroxylation is 2. The van der Waals surface area contributed by atoms with Gasteiger partial charge in [0.05, 0.1) is 0 Å². The Morgan fingerprint density at radius 1 is 0.933 bits per heavy atom. The van der Waals surface area contributed by atoms with E-state index in [1.165, 1.54) is 16.7 Å². The SMILES string of the molecule is Cc1cc(C)c(-c2ccccc2)c(Cl)c1. The van der Waals surface area contributed by atoms with E-state index in [1.54, 1.807) is 0 Å². The van der Waals surface area contributed by atoms with Crippen LogP contribution in [0.3, 0.4) is 0 Å². The summed E-state index contributed by atoms with van der Waals surface area (Å²) in [5.74, 6) is 0. The van der Waals surface area contributed by atoms with Crippen LogP contribution in [0, 0.1) is 13.8 Å². The Bertz CT molecular complexity index is 449. The van der Waals surface area contributed by atoms with E-state index in [1.807, 2.05) is 24.3 Å². The minimum absolute atomic E-state index is 0.832. The molecule has 0 heterocycles. The first-order valence-electron chi connectivity index (χ1n) is 5.00. The number of benzene rings is 2. The zero-order valence-corrected chi connectivity index (χ0v) is 9.68. The monoisotopic (exact) mass is 216 g/mol. The molecule has 0 bridgehead atoms. The molecular weight excluding hydrogens is 204 g/mol. The largest absolute Gasteiger partial charge is 0.0836 e. The Balaban J connectivity index is 2.64. The van der Waals surface area contributed by atoms with Crippen LogP contribution < -0.4 is 0 Å². The molecule has 0 unspecified atom stereocenters. The Kier molecular flexibility index (Phi) is 2.79. The molecule has 0 aliphatic carbocycles. The van der Waals surface area contributed by atoms with Crippen molar-refractivity contribution >= 4 is 11.6 Å². The molecule has 76 valence electrons. The Morgan fingerprint density at radius 2 is 1.60 bits per heavy atom. The van der Waals surface area contributed by atoms with Crippen molar-refractivity contribution in [2.45, 2.75) is 13.8 Å². The lowest BCUT2D eigenvalue weighted by Gasteiger charge is -2.09. The van der Waals surface area contributed by atoms with Crippen molar-refractivity contribution in [3.8, 4) is 11.1 Å². The van der Waals surface area contributed by atoms with Crippen LogP contribution >= 0.6 is 11.6 Å². The van der Waals surface area contributed by atoms with Crippen LogP contribution in [-0.2, 0) is 0 Å². The molecule has 0 spiro atoms. The zero-order chi connectivity index (χ0) is 10.8. The van der Waals surface area contributed by atoms with E-state index in [4.69, 9.17) is 11.6 Å². The van der Waals surface area contributed by atoms with Gasteiger partial charge < -0.3 is 0 Å². The summed E-state index contributed by atoms with van der Waals surface area (Å²) in [4.78, 5) is 0. The van der Waals surface area contributed by atoms with Crippen LogP contribution in [0.2, 0.25) is 5.02 Å². The molecule has 0 N–H and O–H groups in total. The van der Waals surface area contributed by atoms with Crippen molar-refractivity contribution in [3.63, 3.8) is 0 Å². The first-order valence-corrected chi connectivity index (χ1v) is 5.38. The third-order valence-corrected chi connectivity index (χ3v) is 2.79. The van der Waals surface area contributed by atoms with Gasteiger partial charge in [-0.15, -0.1) is 0 Å². The van der Waals surface area contributed by atoms with Crippen LogP contribution in [-0.4, -0.2) is 0 Å². The predicted molar refractivity (Wildman–Crippen MR) is 66.4 cm³/mol. The average Bonchev–Trinajstić information content (AvgIpc) is 2.17. The first kappa shape index (κ1) is 10.3. The molecule has 1 heteroatoms. The second-order valence-electron chi connectivity index (χ2n) is 3.80. The Hall–Kier alpha value is -1.27. The van der Waals surface area contributed by atoms with E-state index in [0.29, 0.717) is 0 Å². The van der Waals surface area contributed by atoms with E-state index >= 15 is 0 Å². The van der Waals surface area contributed by atoms with Gasteiger partial charge in [-0.05, 0) is 36.6 Å². The maximum atomic E-state index is 6.27. The number of hydrogen-bond donors (Lipinski definition) is 0. The first-order chi connectivity index (χ1) is 7.18. The van der Waals surface area contributed by atoms with Gasteiger partial charge >= 0.3 is 0 Å². The molecule has 0 amide bonds. The maximum Gasteiger partial charge on any atom is 0.0489 e. The fraction of sp³-hybridized carbons (Fsp3) is 0.143. The van der Waals surface area contributed by atoms with Crippen molar-refractivity contribution in [1.29, 1.82) is 0 Å². The number of halogens is 1. The molecule has 0 nitrogen and oxygen atoms in total. The average molecular weight is 217 g/mol. The molecule has 2 aromatic rings. The lowest BCUT2D eigenvalue weighted by atomic mass is 9.99. The van der Waals surface area contributed by atoms with E-state index in [-0.39, 0.29) is 0 Å². The molecule has 2 aromatic carbocycles. The highest BCUT2D eigenvalue weighted by molar-refractivity contribution is 6.33. The molecule has 0 fully saturated rings. The highest BCUT2D eigenvalue weighted by atomic mass is 35.5. The highest BCUT2D eigenvalue weighted by Crippen LogP contribution is 2.31. The lowest BCUT2D eigenvalue weighted by molar-refractivity contribution is 1.38. The van der Waals surface area contributed by atoms with Gasteiger partial charge in [-0.3, -0.25) is 0 Å². The van der Waals surface area contributed by atoms with Crippen LogP contribution in [0.5, 0.6) is 0 Å². The number of rotatable bonds is 1. The van der Waals surface area contributed by atoms with E-state index in [9.17, 15) is 0 Å². The molecule has 0 aromatic heterocycles. The Morgan fingerprint density at radius 3 is 2.20 bits per heavy atom. The lowest BCUT2D eigenvalue weighted by Crippen LogP contribution is -1.86. The van der Waals surface area contributed by atoms with Gasteiger partial charge in [-0.25, -0.2) is 0 Å². The molecule has 0 aliphatic heterocycles. The maximum absolute atomic E-state index is 6.27. The third-order valence-electron chi connectivity index (χ3n) is 2.49. The van der Waals surface area contributed by atoms with Gasteiger partial charge in [-0.1, -0.05) is 48.0 Å². The summed E-state index contributed by atoms with van der Waals surface area (Å²) in [5.41, 5.74) is 4.76. The molecule has 0 aliphatic rings. The van der Waals surface area contributed by atoms with Gasteiger partial charge in [0.25, 0.3) is 0 Å². The quantitative estimate of drug-likeness (QED) is 0.652. The fourth-order valence-electron chi connectivity index (χ4n) is 1.89. The van der Waals surface area contributed by atoms with Crippen LogP contribution in [0.4, 0.5) is 0 Å². The Labute approximate surface area is 95.5 Å². The third kappa shape index (κ3) is 2.05. The molecule has 0 radical (unpaired) electrons. The zero-order valence-electron chi connectivity index (χ0n) is 8.92. The normalized spacial score (nSPS) is 10.3. The summed E-state index contributed by atoms with van der Waals surface area (Å²) < 4.78 is 0. The highest BCUT2D eigenvalue weighted by Gasteiger charge is 2.06. The van der Waals surface area contributed by atoms with Gasteiger partial charge in [0.1, 0.15) is 0 Å². The van der Waals surface area contributed by atoms with Gasteiger partial charge in [-0.2, -0.15) is 0 Å². The van der Waals surface area contributed by atoms with E-state index in [0.717, 1.165) is 10.6 Å². The summed E-state index contributed by atoms with van der Waals surface area (Å²) >= 11 is 6.27. The predicted octanol–water partition coefficient (Wildman–Crippen LogP) is 4.62. The minimum Gasteiger partial charge on any atom is -0.0836 e. The molecule has 15 heavy (non-hydrogen) atoms. The second kappa shape index (κ2) is 4.08. The van der Waals surface area contributed by atoms with E-state index < -0.39 is 0 Å². The van der Waals surface area contributed by atoms with Gasteiger partial charge in [0.15, 0.2) is 0 Å². The topological polar surface area (TPSA) is 0 Å². The van der Waals surface area contributed by atoms with Crippen LogP contribution in [0.1, 0.15) is 11.1 Å². The molecular formula is C14H13Cl. The summed E-state index contributed by atoms with van der Waals surface area (Å²) in [6.07, 6.45) is 0. The van der Waals surface area contributed by atoms with Crippen molar-refractivity contribution in [2.75, 3.05) is 0 Å². The molecule has 0 saturated carbocycles. The standard InChI is InChI=1S/C14H13Cl/c1-10-8-11(2)14(13(15)9-10)12-6-4-3-5-7-12/h3-9H,1-2H3. The van der Waals surface area contributed by atoms with Crippen LogP contribution in [0.15, 0.2) is 42.5 Å². The summed E-state index contributed by atoms with van der Waals surface area (Å²) in [5, 5.41) is 0.832. The number of hydrogen-bond acceptors (Lipinski definition) is 0. The minimum atomic E-state index is 0.832. The summed E-state index contributed by atoms with van der Waals surface area (Å²) in [6.45, 7) is 4.16. The summed E-state index contributed by atoms with van der Waals surface area (Å²) in [7, 11) is 0. The van der Waals surface area contributed by atoms with E-state index in [2.05, 4.69) is 32.0 Å². The van der Waals surface area contributed by atoms with Gasteiger partial charge in [0.2, 0.25) is 0 Å². The summed E-state index contributed by atoms with van der Waals surface area (Å²) in [6, 6.07) is 14.4.